The van der Waals surface area contributed by atoms with Crippen LogP contribution in [0.1, 0.15) is 24.4 Å². The molecule has 0 saturated heterocycles. The summed E-state index contributed by atoms with van der Waals surface area (Å²) in [5, 5.41) is 0.676. The van der Waals surface area contributed by atoms with E-state index >= 15 is 0 Å². The molecule has 2 rings (SSSR count). The van der Waals surface area contributed by atoms with Gasteiger partial charge >= 0.3 is 0 Å². The Hall–Kier alpha value is -1.74. The van der Waals surface area contributed by atoms with Gasteiger partial charge in [-0.15, -0.1) is 0 Å². The number of amides is 1. The molecular weight excluding hydrogens is 262 g/mol. The predicted molar refractivity (Wildman–Crippen MR) is 76.4 cm³/mol. The first-order chi connectivity index (χ1) is 9.15. The van der Waals surface area contributed by atoms with Crippen molar-refractivity contribution in [2.24, 2.45) is 0 Å². The largest absolute Gasteiger partial charge is 0.451 e. The van der Waals surface area contributed by atoms with Crippen LogP contribution in [0.2, 0.25) is 5.02 Å². The van der Waals surface area contributed by atoms with Gasteiger partial charge in [-0.3, -0.25) is 4.79 Å². The van der Waals surface area contributed by atoms with Crippen LogP contribution in [0.3, 0.4) is 0 Å². The Labute approximate surface area is 117 Å². The molecular formula is C15H16ClNO2. The number of rotatable bonds is 4. The summed E-state index contributed by atoms with van der Waals surface area (Å²) < 4.78 is 5.62. The number of halogens is 1. The highest BCUT2D eigenvalue weighted by molar-refractivity contribution is 6.30. The molecule has 0 aliphatic rings. The van der Waals surface area contributed by atoms with E-state index in [1.807, 2.05) is 26.0 Å². The smallest absolute Gasteiger partial charge is 0.289 e. The first kappa shape index (κ1) is 13.7. The summed E-state index contributed by atoms with van der Waals surface area (Å²) in [6.45, 7) is 5.24. The lowest BCUT2D eigenvalue weighted by Gasteiger charge is -2.16. The quantitative estimate of drug-likeness (QED) is 0.844. The zero-order valence-corrected chi connectivity index (χ0v) is 11.8. The molecule has 1 amide bonds. The van der Waals surface area contributed by atoms with Crippen LogP contribution in [0.4, 0.5) is 0 Å². The summed E-state index contributed by atoms with van der Waals surface area (Å²) in [6, 6.07) is 10.8. The second-order valence-electron chi connectivity index (χ2n) is 4.15. The monoisotopic (exact) mass is 277 g/mol. The Bertz CT molecular complexity index is 556. The highest BCUT2D eigenvalue weighted by Gasteiger charge is 2.16. The fourth-order valence-electron chi connectivity index (χ4n) is 1.89. The van der Waals surface area contributed by atoms with Crippen molar-refractivity contribution in [3.05, 3.63) is 47.2 Å². The average Bonchev–Trinajstić information content (AvgIpc) is 2.90. The molecule has 0 bridgehead atoms. The molecule has 1 aromatic carbocycles. The zero-order valence-electron chi connectivity index (χ0n) is 11.0. The highest BCUT2D eigenvalue weighted by atomic mass is 35.5. The van der Waals surface area contributed by atoms with Crippen molar-refractivity contribution in [2.45, 2.75) is 13.8 Å². The second kappa shape index (κ2) is 5.93. The molecule has 0 fully saturated rings. The van der Waals surface area contributed by atoms with E-state index in [-0.39, 0.29) is 5.91 Å². The molecule has 2 aromatic rings. The molecule has 4 heteroatoms. The van der Waals surface area contributed by atoms with Crippen LogP contribution in [-0.2, 0) is 0 Å². The van der Waals surface area contributed by atoms with E-state index < -0.39 is 0 Å². The number of hydrogen-bond acceptors (Lipinski definition) is 2. The van der Waals surface area contributed by atoms with Gasteiger partial charge in [0.2, 0.25) is 0 Å². The summed E-state index contributed by atoms with van der Waals surface area (Å²) in [7, 11) is 0. The number of hydrogen-bond donors (Lipinski definition) is 0. The Morgan fingerprint density at radius 2 is 1.74 bits per heavy atom. The summed E-state index contributed by atoms with van der Waals surface area (Å²) in [5.41, 5.74) is 0.906. The fraction of sp³-hybridized carbons (Fsp3) is 0.267. The van der Waals surface area contributed by atoms with E-state index in [2.05, 4.69) is 0 Å². The SMILES string of the molecule is CCN(CC)C(=O)c1ccc(-c2ccc(Cl)cc2)o1. The molecule has 100 valence electrons. The predicted octanol–water partition coefficient (Wildman–Crippen LogP) is 4.08. The van der Waals surface area contributed by atoms with Crippen LogP contribution >= 0.6 is 11.6 Å². The average molecular weight is 278 g/mol. The van der Waals surface area contributed by atoms with Gasteiger partial charge < -0.3 is 9.32 Å². The Morgan fingerprint density at radius 3 is 2.32 bits per heavy atom. The van der Waals surface area contributed by atoms with Crippen LogP contribution in [0.25, 0.3) is 11.3 Å². The molecule has 3 nitrogen and oxygen atoms in total. The van der Waals surface area contributed by atoms with Crippen LogP contribution in [0, 0.1) is 0 Å². The van der Waals surface area contributed by atoms with Crippen molar-refractivity contribution in [1.82, 2.24) is 4.90 Å². The van der Waals surface area contributed by atoms with Crippen LogP contribution in [-0.4, -0.2) is 23.9 Å². The van der Waals surface area contributed by atoms with E-state index in [1.54, 1.807) is 29.2 Å². The molecule has 0 N–H and O–H groups in total. The normalized spacial score (nSPS) is 10.5. The Morgan fingerprint density at radius 1 is 1.11 bits per heavy atom. The molecule has 0 spiro atoms. The summed E-state index contributed by atoms with van der Waals surface area (Å²) in [6.07, 6.45) is 0. The van der Waals surface area contributed by atoms with Gasteiger partial charge in [0.25, 0.3) is 5.91 Å². The van der Waals surface area contributed by atoms with Crippen LogP contribution in [0.15, 0.2) is 40.8 Å². The van der Waals surface area contributed by atoms with Crippen molar-refractivity contribution >= 4 is 17.5 Å². The number of nitrogens with zero attached hydrogens (tertiary/aromatic N) is 1. The maximum atomic E-state index is 12.1. The second-order valence-corrected chi connectivity index (χ2v) is 4.58. The van der Waals surface area contributed by atoms with Crippen molar-refractivity contribution in [3.8, 4) is 11.3 Å². The van der Waals surface area contributed by atoms with E-state index in [0.717, 1.165) is 5.56 Å². The lowest BCUT2D eigenvalue weighted by molar-refractivity contribution is 0.0742. The minimum atomic E-state index is -0.0785. The van der Waals surface area contributed by atoms with Crippen molar-refractivity contribution < 1.29 is 9.21 Å². The molecule has 0 aliphatic carbocycles. The minimum Gasteiger partial charge on any atom is -0.451 e. The minimum absolute atomic E-state index is 0.0785. The van der Waals surface area contributed by atoms with Gasteiger partial charge in [-0.05, 0) is 50.2 Å². The zero-order chi connectivity index (χ0) is 13.8. The van der Waals surface area contributed by atoms with E-state index in [0.29, 0.717) is 29.6 Å². The number of carbonyl (C=O) groups is 1. The summed E-state index contributed by atoms with van der Waals surface area (Å²) in [5.74, 6) is 0.964. The Kier molecular flexibility index (Phi) is 4.27. The standard InChI is InChI=1S/C15H16ClNO2/c1-3-17(4-2)15(18)14-10-9-13(19-14)11-5-7-12(16)8-6-11/h5-10H,3-4H2,1-2H3. The first-order valence-corrected chi connectivity index (χ1v) is 6.68. The summed E-state index contributed by atoms with van der Waals surface area (Å²) >= 11 is 5.84. The fourth-order valence-corrected chi connectivity index (χ4v) is 2.01. The van der Waals surface area contributed by atoms with Gasteiger partial charge in [-0.1, -0.05) is 11.6 Å². The Balaban J connectivity index is 2.23. The molecule has 0 unspecified atom stereocenters. The van der Waals surface area contributed by atoms with Gasteiger partial charge in [0.05, 0.1) is 0 Å². The van der Waals surface area contributed by atoms with E-state index in [1.165, 1.54) is 0 Å². The van der Waals surface area contributed by atoms with Crippen LogP contribution in [0.5, 0.6) is 0 Å². The van der Waals surface area contributed by atoms with Crippen molar-refractivity contribution in [3.63, 3.8) is 0 Å². The molecule has 19 heavy (non-hydrogen) atoms. The first-order valence-electron chi connectivity index (χ1n) is 6.30. The van der Waals surface area contributed by atoms with E-state index in [4.69, 9.17) is 16.0 Å². The topological polar surface area (TPSA) is 33.5 Å². The molecule has 1 heterocycles. The highest BCUT2D eigenvalue weighted by Crippen LogP contribution is 2.24. The van der Waals surface area contributed by atoms with Gasteiger partial charge in [-0.25, -0.2) is 0 Å². The van der Waals surface area contributed by atoms with Gasteiger partial charge in [-0.2, -0.15) is 0 Å². The maximum Gasteiger partial charge on any atom is 0.289 e. The van der Waals surface area contributed by atoms with Gasteiger partial charge in [0, 0.05) is 23.7 Å². The third kappa shape index (κ3) is 2.99. The maximum absolute atomic E-state index is 12.1. The van der Waals surface area contributed by atoms with Crippen molar-refractivity contribution in [1.29, 1.82) is 0 Å². The van der Waals surface area contributed by atoms with Gasteiger partial charge in [0.1, 0.15) is 5.76 Å². The third-order valence-electron chi connectivity index (χ3n) is 3.00. The van der Waals surface area contributed by atoms with Gasteiger partial charge in [0.15, 0.2) is 5.76 Å². The lowest BCUT2D eigenvalue weighted by atomic mass is 10.2. The molecule has 1 aromatic heterocycles. The van der Waals surface area contributed by atoms with Crippen LogP contribution < -0.4 is 0 Å². The lowest BCUT2D eigenvalue weighted by Crippen LogP contribution is -2.30. The number of benzene rings is 1. The molecule has 0 saturated carbocycles. The molecule has 0 aliphatic heterocycles. The van der Waals surface area contributed by atoms with E-state index in [9.17, 15) is 4.79 Å². The third-order valence-corrected chi connectivity index (χ3v) is 3.25. The molecule has 0 radical (unpaired) electrons. The summed E-state index contributed by atoms with van der Waals surface area (Å²) in [4.78, 5) is 13.8. The number of carbonyl (C=O) groups excluding carboxylic acids is 1. The van der Waals surface area contributed by atoms with Crippen molar-refractivity contribution in [2.75, 3.05) is 13.1 Å². The molecule has 0 atom stereocenters. The number of furan rings is 1.